The van der Waals surface area contributed by atoms with Gasteiger partial charge in [0.25, 0.3) is 0 Å². The van der Waals surface area contributed by atoms with E-state index in [2.05, 4.69) is 81.5 Å². The van der Waals surface area contributed by atoms with E-state index >= 15 is 0 Å². The first-order chi connectivity index (χ1) is 39.5. The molecule has 0 aliphatic rings. The largest absolute Gasteiger partial charge is 0.462 e. The van der Waals surface area contributed by atoms with Crippen LogP contribution in [0.15, 0.2) is 60.8 Å². The van der Waals surface area contributed by atoms with Crippen LogP contribution < -0.4 is 0 Å². The van der Waals surface area contributed by atoms with Crippen molar-refractivity contribution in [2.75, 3.05) is 13.2 Å². The summed E-state index contributed by atoms with van der Waals surface area (Å²) in [5.41, 5.74) is 0. The van der Waals surface area contributed by atoms with Gasteiger partial charge in [-0.25, -0.2) is 0 Å². The lowest BCUT2D eigenvalue weighted by Crippen LogP contribution is -2.30. The highest BCUT2D eigenvalue weighted by Crippen LogP contribution is 2.18. The summed E-state index contributed by atoms with van der Waals surface area (Å²) in [5.74, 6) is -0.859. The first kappa shape index (κ1) is 77.1. The lowest BCUT2D eigenvalue weighted by Gasteiger charge is -2.18. The van der Waals surface area contributed by atoms with Gasteiger partial charge in [-0.1, -0.05) is 332 Å². The summed E-state index contributed by atoms with van der Waals surface area (Å²) in [7, 11) is 0. The van der Waals surface area contributed by atoms with Crippen LogP contribution in [0.5, 0.6) is 0 Å². The molecule has 0 bridgehead atoms. The molecule has 0 spiro atoms. The molecule has 0 aliphatic carbocycles. The Hall–Kier alpha value is -2.89. The zero-order valence-electron chi connectivity index (χ0n) is 53.6. The predicted molar refractivity (Wildman–Crippen MR) is 348 cm³/mol. The average molecular weight is 1120 g/mol. The SMILES string of the molecule is CC/C=C\C/C=C\C/C=C\C/C=C\CCCCCCCCCCC(=O)OC(COC(=O)CCCCCCCCCCC/C=C\CCCCCCCC)COC(=O)CCCCCCCCCCCCCCCCCCCCCCCC. The molecule has 0 fully saturated rings. The molecule has 0 aliphatic heterocycles. The molecule has 0 saturated carbocycles. The van der Waals surface area contributed by atoms with Gasteiger partial charge in [-0.05, 0) is 83.5 Å². The van der Waals surface area contributed by atoms with Gasteiger partial charge < -0.3 is 14.2 Å². The zero-order valence-corrected chi connectivity index (χ0v) is 53.6. The Morgan fingerprint density at radius 1 is 0.263 bits per heavy atom. The summed E-state index contributed by atoms with van der Waals surface area (Å²) in [5, 5.41) is 0. The summed E-state index contributed by atoms with van der Waals surface area (Å²) in [6.45, 7) is 6.59. The number of allylic oxidation sites excluding steroid dienone is 10. The minimum Gasteiger partial charge on any atom is -0.462 e. The van der Waals surface area contributed by atoms with E-state index in [-0.39, 0.29) is 31.1 Å². The van der Waals surface area contributed by atoms with Crippen molar-refractivity contribution in [1.29, 1.82) is 0 Å². The van der Waals surface area contributed by atoms with Gasteiger partial charge in [0.1, 0.15) is 13.2 Å². The molecule has 0 aromatic heterocycles. The summed E-state index contributed by atoms with van der Waals surface area (Å²) in [6, 6.07) is 0. The Labute approximate surface area is 498 Å². The number of carbonyl (C=O) groups excluding carboxylic acids is 3. The van der Waals surface area contributed by atoms with Gasteiger partial charge in [0.05, 0.1) is 0 Å². The standard InChI is InChI=1S/C74H134O6/c1-4-7-10-13-16-19-22-25-28-31-34-36-38-40-43-46-49-52-55-58-61-64-67-73(76)79-70-71(69-78-72(75)66-63-60-57-54-51-48-45-42-39-33-30-27-24-21-18-15-12-9-6-3)80-74(77)68-65-62-59-56-53-50-47-44-41-37-35-32-29-26-23-20-17-14-11-8-5-2/h8,11,17,20,26-27,29-30,35,37,71H,4-7,9-10,12-16,18-19,21-25,28,31-34,36,38-70H2,1-3H3/b11-8-,20-17-,29-26-,30-27-,37-35-. The maximum atomic E-state index is 13.0. The van der Waals surface area contributed by atoms with Gasteiger partial charge in [0.2, 0.25) is 0 Å². The van der Waals surface area contributed by atoms with Gasteiger partial charge in [0, 0.05) is 19.3 Å². The first-order valence-electron chi connectivity index (χ1n) is 35.3. The number of hydrogen-bond donors (Lipinski definition) is 0. The maximum absolute atomic E-state index is 13.0. The second kappa shape index (κ2) is 68.6. The molecule has 0 saturated heterocycles. The second-order valence-corrected chi connectivity index (χ2v) is 23.8. The van der Waals surface area contributed by atoms with Crippen LogP contribution in [0.3, 0.4) is 0 Å². The van der Waals surface area contributed by atoms with Crippen LogP contribution >= 0.6 is 0 Å². The summed E-state index contributed by atoms with van der Waals surface area (Å²) < 4.78 is 17.0. The fourth-order valence-electron chi connectivity index (χ4n) is 10.5. The molecular weight excluding hydrogens is 985 g/mol. The molecular formula is C74H134O6. The normalized spacial score (nSPS) is 12.4. The Balaban J connectivity index is 4.34. The fraction of sp³-hybridized carbons (Fsp3) is 0.824. The van der Waals surface area contributed by atoms with Gasteiger partial charge in [-0.3, -0.25) is 14.4 Å². The number of carbonyl (C=O) groups is 3. The van der Waals surface area contributed by atoms with Crippen molar-refractivity contribution >= 4 is 17.9 Å². The third kappa shape index (κ3) is 65.9. The van der Waals surface area contributed by atoms with Gasteiger partial charge in [-0.15, -0.1) is 0 Å². The molecule has 80 heavy (non-hydrogen) atoms. The van der Waals surface area contributed by atoms with E-state index in [0.29, 0.717) is 19.3 Å². The van der Waals surface area contributed by atoms with Crippen LogP contribution in [0, 0.1) is 0 Å². The first-order valence-corrected chi connectivity index (χ1v) is 35.3. The van der Waals surface area contributed by atoms with E-state index in [0.717, 1.165) is 89.9 Å². The van der Waals surface area contributed by atoms with Gasteiger partial charge in [0.15, 0.2) is 6.10 Å². The zero-order chi connectivity index (χ0) is 57.8. The highest BCUT2D eigenvalue weighted by molar-refractivity contribution is 5.71. The van der Waals surface area contributed by atoms with Crippen molar-refractivity contribution < 1.29 is 28.6 Å². The van der Waals surface area contributed by atoms with E-state index in [1.807, 2.05) is 0 Å². The van der Waals surface area contributed by atoms with Crippen molar-refractivity contribution in [3.63, 3.8) is 0 Å². The van der Waals surface area contributed by atoms with Crippen LogP contribution in [0.1, 0.15) is 374 Å². The van der Waals surface area contributed by atoms with E-state index in [9.17, 15) is 14.4 Å². The fourth-order valence-corrected chi connectivity index (χ4v) is 10.5. The molecule has 0 heterocycles. The monoisotopic (exact) mass is 1120 g/mol. The van der Waals surface area contributed by atoms with Crippen LogP contribution in [0.25, 0.3) is 0 Å². The third-order valence-corrected chi connectivity index (χ3v) is 15.8. The molecule has 0 amide bonds. The van der Waals surface area contributed by atoms with Crippen LogP contribution in [-0.2, 0) is 28.6 Å². The molecule has 6 nitrogen and oxygen atoms in total. The summed E-state index contributed by atoms with van der Waals surface area (Å²) >= 11 is 0. The average Bonchev–Trinajstić information content (AvgIpc) is 3.46. The minimum absolute atomic E-state index is 0.0740. The highest BCUT2D eigenvalue weighted by atomic mass is 16.6. The Morgan fingerprint density at radius 2 is 0.487 bits per heavy atom. The van der Waals surface area contributed by atoms with Crippen molar-refractivity contribution in [3.8, 4) is 0 Å². The predicted octanol–water partition coefficient (Wildman–Crippen LogP) is 24.3. The minimum atomic E-state index is -0.780. The van der Waals surface area contributed by atoms with Crippen molar-refractivity contribution in [2.24, 2.45) is 0 Å². The van der Waals surface area contributed by atoms with Crippen LogP contribution in [-0.4, -0.2) is 37.2 Å². The van der Waals surface area contributed by atoms with Crippen molar-refractivity contribution in [2.45, 2.75) is 380 Å². The smallest absolute Gasteiger partial charge is 0.306 e. The Bertz CT molecular complexity index is 1430. The number of esters is 3. The maximum Gasteiger partial charge on any atom is 0.306 e. The Kier molecular flexibility index (Phi) is 66.1. The Morgan fingerprint density at radius 3 is 0.775 bits per heavy atom. The molecule has 466 valence electrons. The lowest BCUT2D eigenvalue weighted by atomic mass is 10.0. The molecule has 0 aromatic rings. The topological polar surface area (TPSA) is 78.9 Å². The second-order valence-electron chi connectivity index (χ2n) is 23.8. The van der Waals surface area contributed by atoms with E-state index in [1.54, 1.807) is 0 Å². The van der Waals surface area contributed by atoms with E-state index in [4.69, 9.17) is 14.2 Å². The van der Waals surface area contributed by atoms with Crippen molar-refractivity contribution in [1.82, 2.24) is 0 Å². The molecule has 6 heteroatoms. The summed E-state index contributed by atoms with van der Waals surface area (Å²) in [4.78, 5) is 38.5. The number of rotatable bonds is 65. The lowest BCUT2D eigenvalue weighted by molar-refractivity contribution is -0.167. The van der Waals surface area contributed by atoms with Gasteiger partial charge >= 0.3 is 17.9 Å². The molecule has 0 radical (unpaired) electrons. The number of hydrogen-bond acceptors (Lipinski definition) is 6. The molecule has 0 aromatic carbocycles. The van der Waals surface area contributed by atoms with Gasteiger partial charge in [-0.2, -0.15) is 0 Å². The van der Waals surface area contributed by atoms with Crippen molar-refractivity contribution in [3.05, 3.63) is 60.8 Å². The molecule has 0 rings (SSSR count). The number of ether oxygens (including phenoxy) is 3. The highest BCUT2D eigenvalue weighted by Gasteiger charge is 2.19. The molecule has 1 atom stereocenters. The molecule has 1 unspecified atom stereocenters. The quantitative estimate of drug-likeness (QED) is 0.0261. The summed E-state index contributed by atoms with van der Waals surface area (Å²) in [6.07, 6.45) is 88.1. The van der Waals surface area contributed by atoms with Crippen LogP contribution in [0.4, 0.5) is 0 Å². The molecule has 0 N–H and O–H groups in total. The third-order valence-electron chi connectivity index (χ3n) is 15.8. The number of unbranched alkanes of at least 4 members (excludes halogenated alkanes) is 44. The van der Waals surface area contributed by atoms with E-state index in [1.165, 1.54) is 244 Å². The van der Waals surface area contributed by atoms with E-state index < -0.39 is 6.10 Å². The van der Waals surface area contributed by atoms with Crippen LogP contribution in [0.2, 0.25) is 0 Å².